The largest absolute Gasteiger partial charge is 0.326 e. The molecule has 3 rings (SSSR count). The fraction of sp³-hybridized carbons (Fsp3) is 0.421. The third kappa shape index (κ3) is 3.90. The van der Waals surface area contributed by atoms with Crippen LogP contribution < -0.4 is 10.6 Å². The number of fused-ring (bicyclic) bond motifs is 1. The number of aryl methyl sites for hydroxylation is 1. The number of para-hydroxylation sites is 1. The summed E-state index contributed by atoms with van der Waals surface area (Å²) < 4.78 is 1.67. The van der Waals surface area contributed by atoms with Gasteiger partial charge in [0.1, 0.15) is 5.82 Å². The van der Waals surface area contributed by atoms with Crippen molar-refractivity contribution in [3.8, 4) is 0 Å². The maximum Gasteiger partial charge on any atom is 0.233 e. The van der Waals surface area contributed by atoms with E-state index in [2.05, 4.69) is 36.5 Å². The van der Waals surface area contributed by atoms with Crippen molar-refractivity contribution in [1.29, 1.82) is 0 Å². The first kappa shape index (κ1) is 17.2. The van der Waals surface area contributed by atoms with E-state index in [0.717, 1.165) is 17.7 Å². The van der Waals surface area contributed by atoms with Gasteiger partial charge in [0.15, 0.2) is 0 Å². The first-order valence-corrected chi connectivity index (χ1v) is 8.45. The Balaban J connectivity index is 1.80. The smallest absolute Gasteiger partial charge is 0.233 e. The van der Waals surface area contributed by atoms with E-state index in [1.54, 1.807) is 4.68 Å². The summed E-state index contributed by atoms with van der Waals surface area (Å²) in [5.41, 5.74) is 2.61. The number of aromatic nitrogens is 2. The molecule has 1 aromatic carbocycles. The average Bonchev–Trinajstić information content (AvgIpc) is 2.83. The predicted molar refractivity (Wildman–Crippen MR) is 97.4 cm³/mol. The summed E-state index contributed by atoms with van der Waals surface area (Å²) in [7, 11) is 1.81. The Bertz CT molecular complexity index is 817. The molecule has 1 aliphatic heterocycles. The van der Waals surface area contributed by atoms with Gasteiger partial charge >= 0.3 is 0 Å². The van der Waals surface area contributed by atoms with Crippen LogP contribution in [-0.4, -0.2) is 21.6 Å². The van der Waals surface area contributed by atoms with Crippen LogP contribution >= 0.6 is 0 Å². The summed E-state index contributed by atoms with van der Waals surface area (Å²) in [6.07, 6.45) is 0.973. The van der Waals surface area contributed by atoms with Gasteiger partial charge in [-0.2, -0.15) is 5.10 Å². The van der Waals surface area contributed by atoms with Crippen LogP contribution in [-0.2, 0) is 23.1 Å². The lowest BCUT2D eigenvalue weighted by atomic mass is 9.89. The molecular formula is C19H24N4O2. The minimum Gasteiger partial charge on any atom is -0.326 e. The van der Waals surface area contributed by atoms with Gasteiger partial charge in [-0.05, 0) is 23.5 Å². The van der Waals surface area contributed by atoms with Crippen LogP contribution in [0.4, 0.5) is 11.5 Å². The summed E-state index contributed by atoms with van der Waals surface area (Å²) in [6, 6.07) is 9.32. The minimum atomic E-state index is -0.495. The van der Waals surface area contributed by atoms with E-state index in [1.807, 2.05) is 37.4 Å². The topological polar surface area (TPSA) is 76.0 Å². The molecule has 2 aromatic rings. The zero-order valence-electron chi connectivity index (χ0n) is 15.1. The SMILES string of the molecule is Cn1nc(CC(C)(C)C)cc1NC(=O)[C@@H]1CC(=O)Nc2ccccc21. The lowest BCUT2D eigenvalue weighted by Crippen LogP contribution is -2.31. The second kappa shape index (κ2) is 6.35. The van der Waals surface area contributed by atoms with E-state index in [9.17, 15) is 9.59 Å². The lowest BCUT2D eigenvalue weighted by molar-refractivity contribution is -0.123. The van der Waals surface area contributed by atoms with Crippen LogP contribution in [0.15, 0.2) is 30.3 Å². The summed E-state index contributed by atoms with van der Waals surface area (Å²) >= 11 is 0. The third-order valence-corrected chi connectivity index (χ3v) is 4.21. The molecule has 2 amide bonds. The maximum absolute atomic E-state index is 12.8. The van der Waals surface area contributed by atoms with E-state index in [-0.39, 0.29) is 23.7 Å². The summed E-state index contributed by atoms with van der Waals surface area (Å²) in [5.74, 6) is -0.177. The van der Waals surface area contributed by atoms with E-state index >= 15 is 0 Å². The highest BCUT2D eigenvalue weighted by Gasteiger charge is 2.31. The molecule has 2 heterocycles. The summed E-state index contributed by atoms with van der Waals surface area (Å²) in [5, 5.41) is 10.2. The Morgan fingerprint density at radius 3 is 2.80 bits per heavy atom. The number of rotatable bonds is 3. The number of carbonyl (C=O) groups excluding carboxylic acids is 2. The van der Waals surface area contributed by atoms with Crippen molar-refractivity contribution >= 4 is 23.3 Å². The standard InChI is InChI=1S/C19H24N4O2/c1-19(2,3)11-12-9-16(23(4)22-12)21-18(25)14-10-17(24)20-15-8-6-5-7-13(14)15/h5-9,14H,10-11H2,1-4H3,(H,20,24)(H,21,25)/t14-/m1/s1. The van der Waals surface area contributed by atoms with Gasteiger partial charge in [-0.3, -0.25) is 14.3 Å². The molecule has 0 unspecified atom stereocenters. The van der Waals surface area contributed by atoms with Crippen molar-refractivity contribution < 1.29 is 9.59 Å². The molecule has 25 heavy (non-hydrogen) atoms. The molecule has 0 saturated heterocycles. The minimum absolute atomic E-state index is 0.121. The Labute approximate surface area is 147 Å². The number of hydrogen-bond acceptors (Lipinski definition) is 3. The summed E-state index contributed by atoms with van der Waals surface area (Å²) in [4.78, 5) is 24.7. The molecule has 132 valence electrons. The molecule has 2 N–H and O–H groups in total. The molecule has 0 fully saturated rings. The van der Waals surface area contributed by atoms with Gasteiger partial charge in [-0.1, -0.05) is 39.0 Å². The first-order chi connectivity index (χ1) is 11.7. The van der Waals surface area contributed by atoms with E-state index < -0.39 is 5.92 Å². The third-order valence-electron chi connectivity index (χ3n) is 4.21. The normalized spacial score (nSPS) is 17.0. The predicted octanol–water partition coefficient (Wildman–Crippen LogP) is 3.07. The van der Waals surface area contributed by atoms with Crippen molar-refractivity contribution in [1.82, 2.24) is 9.78 Å². The number of nitrogens with one attached hydrogen (secondary N) is 2. The van der Waals surface area contributed by atoms with Crippen LogP contribution in [0.1, 0.15) is 44.4 Å². The Hall–Kier alpha value is -2.63. The molecule has 0 spiro atoms. The van der Waals surface area contributed by atoms with Crippen LogP contribution in [0.25, 0.3) is 0 Å². The van der Waals surface area contributed by atoms with E-state index in [1.165, 1.54) is 0 Å². The lowest BCUT2D eigenvalue weighted by Gasteiger charge is -2.24. The van der Waals surface area contributed by atoms with Crippen LogP contribution in [0.2, 0.25) is 0 Å². The second-order valence-corrected chi connectivity index (χ2v) is 7.76. The number of hydrogen-bond donors (Lipinski definition) is 2. The van der Waals surface area contributed by atoms with Crippen molar-refractivity contribution in [2.45, 2.75) is 39.5 Å². The van der Waals surface area contributed by atoms with Gasteiger partial charge in [-0.15, -0.1) is 0 Å². The van der Waals surface area contributed by atoms with Crippen LogP contribution in [0.5, 0.6) is 0 Å². The van der Waals surface area contributed by atoms with Gasteiger partial charge in [0, 0.05) is 25.2 Å². The Morgan fingerprint density at radius 1 is 1.36 bits per heavy atom. The average molecular weight is 340 g/mol. The van der Waals surface area contributed by atoms with Gasteiger partial charge in [-0.25, -0.2) is 0 Å². The van der Waals surface area contributed by atoms with Crippen molar-refractivity contribution in [2.24, 2.45) is 12.5 Å². The number of anilines is 2. The number of benzene rings is 1. The van der Waals surface area contributed by atoms with E-state index in [0.29, 0.717) is 11.5 Å². The first-order valence-electron chi connectivity index (χ1n) is 8.45. The summed E-state index contributed by atoms with van der Waals surface area (Å²) in [6.45, 7) is 6.45. The molecule has 1 atom stereocenters. The van der Waals surface area contributed by atoms with Gasteiger partial charge in [0.2, 0.25) is 11.8 Å². The number of amides is 2. The van der Waals surface area contributed by atoms with Gasteiger partial charge < -0.3 is 10.6 Å². The molecule has 1 aliphatic rings. The Kier molecular flexibility index (Phi) is 4.37. The van der Waals surface area contributed by atoms with Gasteiger partial charge in [0.25, 0.3) is 0 Å². The molecule has 6 nitrogen and oxygen atoms in total. The van der Waals surface area contributed by atoms with Crippen molar-refractivity contribution in [3.05, 3.63) is 41.6 Å². The molecule has 0 saturated carbocycles. The highest BCUT2D eigenvalue weighted by Crippen LogP contribution is 2.33. The molecule has 0 aliphatic carbocycles. The monoisotopic (exact) mass is 340 g/mol. The molecule has 6 heteroatoms. The highest BCUT2D eigenvalue weighted by molar-refractivity contribution is 6.04. The number of carbonyl (C=O) groups is 2. The zero-order chi connectivity index (χ0) is 18.2. The van der Waals surface area contributed by atoms with Gasteiger partial charge in [0.05, 0.1) is 11.6 Å². The zero-order valence-corrected chi connectivity index (χ0v) is 15.1. The second-order valence-electron chi connectivity index (χ2n) is 7.76. The quantitative estimate of drug-likeness (QED) is 0.901. The molecule has 0 radical (unpaired) electrons. The van der Waals surface area contributed by atoms with Crippen LogP contribution in [0.3, 0.4) is 0 Å². The number of nitrogens with zero attached hydrogens (tertiary/aromatic N) is 2. The molecule has 1 aromatic heterocycles. The molecule has 0 bridgehead atoms. The van der Waals surface area contributed by atoms with Crippen molar-refractivity contribution in [2.75, 3.05) is 10.6 Å². The van der Waals surface area contributed by atoms with E-state index in [4.69, 9.17) is 0 Å². The highest BCUT2D eigenvalue weighted by atomic mass is 16.2. The fourth-order valence-corrected chi connectivity index (χ4v) is 3.13. The Morgan fingerprint density at radius 2 is 2.08 bits per heavy atom. The fourth-order valence-electron chi connectivity index (χ4n) is 3.13. The van der Waals surface area contributed by atoms with Crippen LogP contribution in [0, 0.1) is 5.41 Å². The maximum atomic E-state index is 12.8. The van der Waals surface area contributed by atoms with Crippen molar-refractivity contribution in [3.63, 3.8) is 0 Å². The molecular weight excluding hydrogens is 316 g/mol.